The van der Waals surface area contributed by atoms with Crippen LogP contribution in [0, 0.1) is 23.2 Å². The van der Waals surface area contributed by atoms with Crippen LogP contribution in [-0.4, -0.2) is 57.6 Å². The molecule has 5 nitrogen and oxygen atoms in total. The molecule has 4 N–H and O–H groups in total. The highest BCUT2D eigenvalue weighted by Gasteiger charge is 2.50. The fourth-order valence-electron chi connectivity index (χ4n) is 7.21. The Morgan fingerprint density at radius 3 is 2.63 bits per heavy atom. The molecule has 0 bridgehead atoms. The molecule has 35 heavy (non-hydrogen) atoms. The Labute approximate surface area is 213 Å². The summed E-state index contributed by atoms with van der Waals surface area (Å²) in [6, 6.07) is 0. The molecular formula is C30H50O5. The fourth-order valence-corrected chi connectivity index (χ4v) is 7.21. The molecule has 200 valence electrons. The van der Waals surface area contributed by atoms with Crippen LogP contribution in [0.25, 0.3) is 0 Å². The summed E-state index contributed by atoms with van der Waals surface area (Å²) in [6.07, 6.45) is 12.1. The van der Waals surface area contributed by atoms with Crippen molar-refractivity contribution in [3.63, 3.8) is 0 Å². The first-order chi connectivity index (χ1) is 16.5. The smallest absolute Gasteiger partial charge is 0.114 e. The molecule has 7 atom stereocenters. The molecule has 0 unspecified atom stereocenters. The molecular weight excluding hydrogens is 440 g/mol. The normalized spacial score (nSPS) is 37.1. The van der Waals surface area contributed by atoms with E-state index < -0.39 is 23.9 Å². The molecule has 5 heteroatoms. The van der Waals surface area contributed by atoms with Gasteiger partial charge in [-0.05, 0) is 93.1 Å². The second kappa shape index (κ2) is 12.0. The molecule has 0 heterocycles. The number of rotatable bonds is 10. The molecule has 0 saturated heterocycles. The van der Waals surface area contributed by atoms with Gasteiger partial charge >= 0.3 is 0 Å². The largest absolute Gasteiger partial charge is 0.396 e. The lowest BCUT2D eigenvalue weighted by atomic mass is 9.60. The van der Waals surface area contributed by atoms with Gasteiger partial charge in [0.05, 0.1) is 11.7 Å². The summed E-state index contributed by atoms with van der Waals surface area (Å²) in [5.41, 5.74) is 2.79. The van der Waals surface area contributed by atoms with Crippen LogP contribution >= 0.6 is 0 Å². The van der Waals surface area contributed by atoms with Crippen LogP contribution in [-0.2, 0) is 4.74 Å². The maximum Gasteiger partial charge on any atom is 0.114 e. The molecule has 0 aliphatic heterocycles. The zero-order chi connectivity index (χ0) is 25.8. The van der Waals surface area contributed by atoms with Crippen molar-refractivity contribution in [1.29, 1.82) is 0 Å². The lowest BCUT2D eigenvalue weighted by molar-refractivity contribution is -0.0968. The van der Waals surface area contributed by atoms with Crippen LogP contribution in [0.3, 0.4) is 0 Å². The van der Waals surface area contributed by atoms with Crippen LogP contribution in [0.15, 0.2) is 35.5 Å². The lowest BCUT2D eigenvalue weighted by Gasteiger charge is -2.44. The number of fused-ring (bicyclic) bond motifs is 1. The van der Waals surface area contributed by atoms with E-state index in [1.165, 1.54) is 37.7 Å². The summed E-state index contributed by atoms with van der Waals surface area (Å²) in [5.74, 6) is 1.98. The number of allylic oxidation sites excluding steroid dienone is 3. The first-order valence-electron chi connectivity index (χ1n) is 13.9. The van der Waals surface area contributed by atoms with Gasteiger partial charge in [0.1, 0.15) is 12.2 Å². The van der Waals surface area contributed by atoms with E-state index in [1.807, 2.05) is 13.8 Å². The van der Waals surface area contributed by atoms with Crippen LogP contribution in [0.5, 0.6) is 0 Å². The van der Waals surface area contributed by atoms with Crippen molar-refractivity contribution in [2.24, 2.45) is 23.2 Å². The first kappa shape index (κ1) is 28.6. The van der Waals surface area contributed by atoms with E-state index in [4.69, 9.17) is 9.84 Å². The Bertz CT molecular complexity index is 778. The van der Waals surface area contributed by atoms with Crippen molar-refractivity contribution in [1.82, 2.24) is 0 Å². The predicted molar refractivity (Wildman–Crippen MR) is 141 cm³/mol. The zero-order valence-corrected chi connectivity index (χ0v) is 22.5. The van der Waals surface area contributed by atoms with E-state index in [0.717, 1.165) is 30.8 Å². The lowest BCUT2D eigenvalue weighted by Crippen LogP contribution is -2.45. The molecule has 0 aromatic heterocycles. The van der Waals surface area contributed by atoms with Gasteiger partial charge in [-0.25, -0.2) is 0 Å². The highest BCUT2D eigenvalue weighted by Crippen LogP contribution is 2.60. The summed E-state index contributed by atoms with van der Waals surface area (Å²) < 4.78 is 5.63. The Balaban J connectivity index is 1.67. The van der Waals surface area contributed by atoms with Gasteiger partial charge in [-0.3, -0.25) is 0 Å². The third kappa shape index (κ3) is 6.87. The second-order valence-corrected chi connectivity index (χ2v) is 12.4. The molecule has 3 rings (SSSR count). The molecule has 0 spiro atoms. The number of hydrogen-bond donors (Lipinski definition) is 4. The molecule has 3 saturated carbocycles. The van der Waals surface area contributed by atoms with Crippen molar-refractivity contribution in [2.75, 3.05) is 13.2 Å². The number of ether oxygens (including phenoxy) is 1. The van der Waals surface area contributed by atoms with Gasteiger partial charge in [0.25, 0.3) is 0 Å². The maximum absolute atomic E-state index is 10.7. The third-order valence-corrected chi connectivity index (χ3v) is 9.17. The van der Waals surface area contributed by atoms with Gasteiger partial charge < -0.3 is 25.2 Å². The first-order valence-corrected chi connectivity index (χ1v) is 13.9. The number of aliphatic hydroxyl groups is 4. The Morgan fingerprint density at radius 2 is 1.94 bits per heavy atom. The van der Waals surface area contributed by atoms with Gasteiger partial charge in [0.2, 0.25) is 0 Å². The molecule has 3 aliphatic carbocycles. The van der Waals surface area contributed by atoms with Crippen molar-refractivity contribution < 1.29 is 25.2 Å². The molecule has 0 aromatic rings. The van der Waals surface area contributed by atoms with Crippen molar-refractivity contribution in [3.8, 4) is 0 Å². The monoisotopic (exact) mass is 490 g/mol. The van der Waals surface area contributed by atoms with Crippen LogP contribution < -0.4 is 0 Å². The molecule has 0 radical (unpaired) electrons. The van der Waals surface area contributed by atoms with Crippen molar-refractivity contribution >= 4 is 0 Å². The molecule has 3 fully saturated rings. The minimum atomic E-state index is -0.931. The Morgan fingerprint density at radius 1 is 1.20 bits per heavy atom. The average Bonchev–Trinajstić information content (AvgIpc) is 3.14. The Hall–Kier alpha value is -0.980. The zero-order valence-electron chi connectivity index (χ0n) is 22.5. The second-order valence-electron chi connectivity index (χ2n) is 12.4. The molecule has 0 amide bonds. The van der Waals surface area contributed by atoms with Gasteiger partial charge in [-0.1, -0.05) is 51.0 Å². The van der Waals surface area contributed by atoms with Gasteiger partial charge in [-0.2, -0.15) is 0 Å². The standard InChI is InChI=1S/C30H50O5/c1-20(9-6-15-29(3,4)34)24-13-14-25-22(10-7-16-30(24,25)5)11-12-23-19-26(32)28(27(33)21(23)2)35-18-8-17-31/h11-12,20,24-28,31-34H,2,6-10,13-19H2,1,3-5H3/b22-11?,23-12-/t20-,24-,25+,26+,27-,28-,30-/m1/s1. The van der Waals surface area contributed by atoms with Gasteiger partial charge in [0, 0.05) is 19.6 Å². The SMILES string of the molecule is C=C1/C(=C\C=C2CCC[C@]3(C)[C@@H]([C@H](C)CCCC(C)(C)O)CC[C@@H]23)C[C@H](O)[C@@H](OCCCO)[C@@H]1O. The summed E-state index contributed by atoms with van der Waals surface area (Å²) in [4.78, 5) is 0. The minimum Gasteiger partial charge on any atom is -0.396 e. The van der Waals surface area contributed by atoms with Crippen LogP contribution in [0.4, 0.5) is 0 Å². The van der Waals surface area contributed by atoms with Crippen molar-refractivity contribution in [2.45, 2.75) is 116 Å². The van der Waals surface area contributed by atoms with E-state index in [-0.39, 0.29) is 6.61 Å². The number of aliphatic hydroxyl groups excluding tert-OH is 3. The quantitative estimate of drug-likeness (QED) is 0.321. The van der Waals surface area contributed by atoms with Crippen molar-refractivity contribution in [3.05, 3.63) is 35.5 Å². The topological polar surface area (TPSA) is 90.2 Å². The van der Waals surface area contributed by atoms with E-state index in [9.17, 15) is 15.3 Å². The minimum absolute atomic E-state index is 0.0269. The molecule has 3 aliphatic rings. The summed E-state index contributed by atoms with van der Waals surface area (Å²) in [5, 5.41) is 40.4. The third-order valence-electron chi connectivity index (χ3n) is 9.17. The molecule has 0 aromatic carbocycles. The van der Waals surface area contributed by atoms with Crippen LogP contribution in [0.2, 0.25) is 0 Å². The predicted octanol–water partition coefficient (Wildman–Crippen LogP) is 5.08. The highest BCUT2D eigenvalue weighted by atomic mass is 16.5. The van der Waals surface area contributed by atoms with E-state index in [1.54, 1.807) is 0 Å². The average molecular weight is 491 g/mol. The Kier molecular flexibility index (Phi) is 9.84. The maximum atomic E-state index is 10.7. The summed E-state index contributed by atoms with van der Waals surface area (Å²) in [6.45, 7) is 13.2. The van der Waals surface area contributed by atoms with E-state index >= 15 is 0 Å². The highest BCUT2D eigenvalue weighted by molar-refractivity contribution is 5.40. The summed E-state index contributed by atoms with van der Waals surface area (Å²) >= 11 is 0. The van der Waals surface area contributed by atoms with E-state index in [2.05, 4.69) is 32.6 Å². The number of hydrogen-bond acceptors (Lipinski definition) is 5. The fraction of sp³-hybridized carbons (Fsp3) is 0.800. The van der Waals surface area contributed by atoms with Crippen LogP contribution in [0.1, 0.15) is 91.9 Å². The summed E-state index contributed by atoms with van der Waals surface area (Å²) in [7, 11) is 0. The van der Waals surface area contributed by atoms with Gasteiger partial charge in [0.15, 0.2) is 0 Å². The van der Waals surface area contributed by atoms with Gasteiger partial charge in [-0.15, -0.1) is 0 Å². The van der Waals surface area contributed by atoms with E-state index in [0.29, 0.717) is 42.3 Å².